The number of Topliss-reactive ketones (excluding diaryl/α,β-unsaturated/α-hetero) is 1. The van der Waals surface area contributed by atoms with Crippen molar-refractivity contribution in [3.8, 4) is 0 Å². The molecule has 2 heterocycles. The van der Waals surface area contributed by atoms with Gasteiger partial charge in [-0.3, -0.25) is 14.5 Å². The predicted octanol–water partition coefficient (Wildman–Crippen LogP) is 6.16. The number of ketones is 1. The minimum absolute atomic E-state index is 0.0165. The number of fused-ring (bicyclic) bond motifs is 1. The van der Waals surface area contributed by atoms with Gasteiger partial charge < -0.3 is 0 Å². The first-order chi connectivity index (χ1) is 14.8. The molecule has 0 bridgehead atoms. The van der Waals surface area contributed by atoms with Crippen LogP contribution in [0, 0.1) is 5.41 Å². The molecule has 156 valence electrons. The lowest BCUT2D eigenvalue weighted by atomic mass is 9.69. The molecule has 2 aromatic carbocycles. The van der Waals surface area contributed by atoms with E-state index in [2.05, 4.69) is 65.1 Å². The van der Waals surface area contributed by atoms with Gasteiger partial charge in [-0.1, -0.05) is 56.3 Å². The molecule has 2 aliphatic rings. The number of carbonyl (C=O) groups is 2. The summed E-state index contributed by atoms with van der Waals surface area (Å²) in [7, 11) is 0. The van der Waals surface area contributed by atoms with E-state index in [1.165, 1.54) is 0 Å². The van der Waals surface area contributed by atoms with Crippen molar-refractivity contribution in [1.29, 1.82) is 0 Å². The van der Waals surface area contributed by atoms with Crippen molar-refractivity contribution in [2.45, 2.75) is 39.0 Å². The molecule has 1 aliphatic carbocycles. The molecule has 4 nitrogen and oxygen atoms in total. The lowest BCUT2D eigenvalue weighted by molar-refractivity contribution is -0.121. The van der Waals surface area contributed by atoms with Crippen LogP contribution in [0.15, 0.2) is 76.5 Å². The summed E-state index contributed by atoms with van der Waals surface area (Å²) in [4.78, 5) is 33.0. The molecule has 1 aromatic heterocycles. The summed E-state index contributed by atoms with van der Waals surface area (Å²) in [6.45, 7) is 4.18. The normalized spacial score (nSPS) is 20.9. The summed E-state index contributed by atoms with van der Waals surface area (Å²) in [6, 6.07) is 18.1. The van der Waals surface area contributed by atoms with E-state index in [1.54, 1.807) is 11.1 Å². The highest BCUT2D eigenvalue weighted by Crippen LogP contribution is 2.48. The highest BCUT2D eigenvalue weighted by atomic mass is 79.9. The van der Waals surface area contributed by atoms with Crippen LogP contribution >= 0.6 is 15.9 Å². The molecule has 0 fully saturated rings. The van der Waals surface area contributed by atoms with E-state index in [-0.39, 0.29) is 29.4 Å². The Morgan fingerprint density at radius 2 is 1.77 bits per heavy atom. The highest BCUT2D eigenvalue weighted by molar-refractivity contribution is 9.10. The number of hydrogen-bond donors (Lipinski definition) is 0. The molecule has 0 radical (unpaired) electrons. The molecule has 5 heteroatoms. The monoisotopic (exact) mass is 474 g/mol. The van der Waals surface area contributed by atoms with Gasteiger partial charge >= 0.3 is 0 Å². The quantitative estimate of drug-likeness (QED) is 0.446. The molecule has 1 aliphatic heterocycles. The largest absolute Gasteiger partial charge is 0.294 e. The van der Waals surface area contributed by atoms with E-state index < -0.39 is 0 Å². The maximum atomic E-state index is 13.4. The molecular formula is C26H23BrN2O2. The van der Waals surface area contributed by atoms with Gasteiger partial charge in [-0.05, 0) is 56.2 Å². The minimum atomic E-state index is -0.220. The molecule has 0 N–H and O–H groups in total. The molecule has 0 spiro atoms. The van der Waals surface area contributed by atoms with Crippen molar-refractivity contribution in [3.63, 3.8) is 0 Å². The third-order valence-corrected chi connectivity index (χ3v) is 6.73. The number of aromatic nitrogens is 1. The van der Waals surface area contributed by atoms with E-state index >= 15 is 0 Å². The van der Waals surface area contributed by atoms with Crippen LogP contribution in [-0.4, -0.2) is 16.7 Å². The standard InChI is InChI=1S/C26H23BrN2O2/c1-26(2)13-21-25(22(30)14-26)20(18-8-7-16-5-3-4-6-17(16)11-18)12-24(31)29(21)23-10-9-19(27)15-28-23/h3-11,15,20H,12-14H2,1-2H3. The Morgan fingerprint density at radius 1 is 1.00 bits per heavy atom. The predicted molar refractivity (Wildman–Crippen MR) is 126 cm³/mol. The third-order valence-electron chi connectivity index (χ3n) is 6.26. The molecule has 1 unspecified atom stereocenters. The smallest absolute Gasteiger partial charge is 0.233 e. The van der Waals surface area contributed by atoms with Gasteiger partial charge in [0.15, 0.2) is 5.78 Å². The first kappa shape index (κ1) is 20.1. The number of carbonyl (C=O) groups excluding carboxylic acids is 2. The number of anilines is 1. The van der Waals surface area contributed by atoms with Crippen LogP contribution in [0.5, 0.6) is 0 Å². The van der Waals surface area contributed by atoms with Gasteiger partial charge in [0.1, 0.15) is 5.82 Å². The average Bonchev–Trinajstić information content (AvgIpc) is 2.73. The Hall–Kier alpha value is -2.79. The summed E-state index contributed by atoms with van der Waals surface area (Å²) < 4.78 is 0.851. The van der Waals surface area contributed by atoms with Gasteiger partial charge in [-0.25, -0.2) is 4.98 Å². The Bertz CT molecular complexity index is 1240. The van der Waals surface area contributed by atoms with Crippen molar-refractivity contribution in [3.05, 3.63) is 82.1 Å². The van der Waals surface area contributed by atoms with Crippen molar-refractivity contribution in [2.24, 2.45) is 5.41 Å². The highest BCUT2D eigenvalue weighted by Gasteiger charge is 2.44. The van der Waals surface area contributed by atoms with Crippen LogP contribution in [-0.2, 0) is 9.59 Å². The number of amides is 1. The summed E-state index contributed by atoms with van der Waals surface area (Å²) in [5, 5.41) is 2.27. The fraction of sp³-hybridized carbons (Fsp3) is 0.269. The summed E-state index contributed by atoms with van der Waals surface area (Å²) in [5.41, 5.74) is 2.41. The van der Waals surface area contributed by atoms with Crippen LogP contribution in [0.25, 0.3) is 10.8 Å². The first-order valence-electron chi connectivity index (χ1n) is 10.5. The van der Waals surface area contributed by atoms with Crippen LogP contribution in [0.3, 0.4) is 0 Å². The lowest BCUT2D eigenvalue weighted by Crippen LogP contribution is -2.44. The van der Waals surface area contributed by atoms with E-state index in [0.29, 0.717) is 18.7 Å². The van der Waals surface area contributed by atoms with Gasteiger partial charge in [0, 0.05) is 40.7 Å². The molecule has 0 saturated carbocycles. The Kier molecular flexibility index (Phi) is 4.82. The molecule has 31 heavy (non-hydrogen) atoms. The van der Waals surface area contributed by atoms with Crippen LogP contribution < -0.4 is 4.90 Å². The van der Waals surface area contributed by atoms with Crippen LogP contribution in [0.4, 0.5) is 5.82 Å². The Balaban J connectivity index is 1.68. The zero-order valence-corrected chi connectivity index (χ0v) is 19.1. The van der Waals surface area contributed by atoms with Gasteiger partial charge in [-0.2, -0.15) is 0 Å². The van der Waals surface area contributed by atoms with Crippen molar-refractivity contribution >= 4 is 44.2 Å². The second kappa shape index (κ2) is 7.41. The van der Waals surface area contributed by atoms with E-state index in [1.807, 2.05) is 24.3 Å². The number of pyridine rings is 1. The first-order valence-corrected chi connectivity index (χ1v) is 11.3. The minimum Gasteiger partial charge on any atom is -0.294 e. The van der Waals surface area contributed by atoms with Gasteiger partial charge in [0.05, 0.1) is 0 Å². The van der Waals surface area contributed by atoms with Gasteiger partial charge in [0.2, 0.25) is 5.91 Å². The number of hydrogen-bond acceptors (Lipinski definition) is 3. The van der Waals surface area contributed by atoms with Crippen molar-refractivity contribution < 1.29 is 9.59 Å². The number of allylic oxidation sites excluding steroid dienone is 2. The molecule has 5 rings (SSSR count). The topological polar surface area (TPSA) is 50.3 Å². The summed E-state index contributed by atoms with van der Waals surface area (Å²) in [5.74, 6) is 0.474. The summed E-state index contributed by atoms with van der Waals surface area (Å²) >= 11 is 3.41. The summed E-state index contributed by atoms with van der Waals surface area (Å²) in [6.07, 6.45) is 3.11. The Morgan fingerprint density at radius 3 is 2.52 bits per heavy atom. The molecule has 0 saturated heterocycles. The van der Waals surface area contributed by atoms with Crippen LogP contribution in [0.1, 0.15) is 44.6 Å². The zero-order chi connectivity index (χ0) is 21.8. The number of nitrogens with zero attached hydrogens (tertiary/aromatic N) is 2. The number of benzene rings is 2. The van der Waals surface area contributed by atoms with Crippen molar-refractivity contribution in [1.82, 2.24) is 4.98 Å². The van der Waals surface area contributed by atoms with Crippen LogP contribution in [0.2, 0.25) is 0 Å². The van der Waals surface area contributed by atoms with Gasteiger partial charge in [0.25, 0.3) is 0 Å². The second-order valence-electron chi connectivity index (χ2n) is 9.23. The molecule has 1 amide bonds. The van der Waals surface area contributed by atoms with Crippen molar-refractivity contribution in [2.75, 3.05) is 4.90 Å². The average molecular weight is 475 g/mol. The number of halogens is 1. The molecule has 1 atom stereocenters. The van der Waals surface area contributed by atoms with Gasteiger partial charge in [-0.15, -0.1) is 0 Å². The Labute approximate surface area is 190 Å². The lowest BCUT2D eigenvalue weighted by Gasteiger charge is -2.42. The fourth-order valence-electron chi connectivity index (χ4n) is 4.89. The third kappa shape index (κ3) is 3.61. The molecular weight excluding hydrogens is 452 g/mol. The SMILES string of the molecule is CC1(C)CC(=O)C2=C(C1)N(c1ccc(Br)cn1)C(=O)CC2c1ccc2ccccc2c1. The fourth-order valence-corrected chi connectivity index (χ4v) is 5.13. The number of rotatable bonds is 2. The maximum absolute atomic E-state index is 13.4. The second-order valence-corrected chi connectivity index (χ2v) is 10.1. The maximum Gasteiger partial charge on any atom is 0.233 e. The van der Waals surface area contributed by atoms with E-state index in [4.69, 9.17) is 0 Å². The molecule has 3 aromatic rings. The zero-order valence-electron chi connectivity index (χ0n) is 17.6. The van der Waals surface area contributed by atoms with E-state index in [0.717, 1.165) is 32.1 Å². The van der Waals surface area contributed by atoms with E-state index in [9.17, 15) is 9.59 Å².